The summed E-state index contributed by atoms with van der Waals surface area (Å²) in [5, 5.41) is 3.55. The predicted molar refractivity (Wildman–Crippen MR) is 136 cm³/mol. The summed E-state index contributed by atoms with van der Waals surface area (Å²) in [5.41, 5.74) is 1.29. The Kier molecular flexibility index (Phi) is 9.96. The Morgan fingerprint density at radius 2 is 1.65 bits per heavy atom. The molecule has 1 aromatic heterocycles. The van der Waals surface area contributed by atoms with Gasteiger partial charge in [-0.25, -0.2) is 0 Å². The molecule has 0 unspecified atom stereocenters. The van der Waals surface area contributed by atoms with E-state index in [1.54, 1.807) is 6.20 Å². The molecule has 0 saturated heterocycles. The number of benzene rings is 1. The van der Waals surface area contributed by atoms with Gasteiger partial charge in [0.05, 0.1) is 0 Å². The van der Waals surface area contributed by atoms with Crippen molar-refractivity contribution >= 4 is 38.7 Å². The molecule has 2 radical (unpaired) electrons. The third-order valence-electron chi connectivity index (χ3n) is 6.30. The van der Waals surface area contributed by atoms with Crippen molar-refractivity contribution in [1.82, 2.24) is 10.3 Å². The van der Waals surface area contributed by atoms with E-state index in [1.807, 2.05) is 33.0 Å². The number of nitrogens with one attached hydrogen (secondary N) is 1. The number of amides is 1. The fourth-order valence-electron chi connectivity index (χ4n) is 4.67. The van der Waals surface area contributed by atoms with Gasteiger partial charge in [-0.05, 0) is 0 Å². The number of carbonyl (C=O) groups excluding carboxylic acids is 1. The maximum absolute atomic E-state index is 13.8. The Balaban J connectivity index is 2.02. The normalized spacial score (nSPS) is 15.3. The second kappa shape index (κ2) is 12.7. The van der Waals surface area contributed by atoms with Crippen LogP contribution in [-0.4, -0.2) is 54.1 Å². The van der Waals surface area contributed by atoms with Gasteiger partial charge in [-0.1, -0.05) is 0 Å². The Morgan fingerprint density at radius 1 is 1.03 bits per heavy atom. The van der Waals surface area contributed by atoms with E-state index in [2.05, 4.69) is 33.2 Å². The molecular formula is C26H34AsClN2O4. The monoisotopic (exact) mass is 548 g/mol. The SMILES string of the molecule is CCOc1c([As])c(Cl)c(OCC)c(C(=O)NCC2(c3cccnc3)CCCCCC2)c1OCC. The molecule has 1 aliphatic carbocycles. The van der Waals surface area contributed by atoms with Crippen LogP contribution in [-0.2, 0) is 5.41 Å². The molecule has 6 nitrogen and oxygen atoms in total. The van der Waals surface area contributed by atoms with Crippen LogP contribution in [0.2, 0.25) is 5.02 Å². The molecule has 1 heterocycles. The topological polar surface area (TPSA) is 69.7 Å². The summed E-state index contributed by atoms with van der Waals surface area (Å²) in [4.78, 5) is 18.1. The zero-order chi connectivity index (χ0) is 24.6. The summed E-state index contributed by atoms with van der Waals surface area (Å²) in [5.74, 6) is 0.858. The average molecular weight is 549 g/mol. The van der Waals surface area contributed by atoms with Crippen molar-refractivity contribution in [1.29, 1.82) is 0 Å². The molecule has 0 spiro atoms. The van der Waals surface area contributed by atoms with Crippen LogP contribution in [0.25, 0.3) is 0 Å². The Bertz CT molecular complexity index is 963. The first-order valence-corrected chi connectivity index (χ1v) is 13.5. The van der Waals surface area contributed by atoms with E-state index in [-0.39, 0.29) is 16.9 Å². The van der Waals surface area contributed by atoms with Gasteiger partial charge in [0.2, 0.25) is 0 Å². The molecule has 0 aliphatic heterocycles. The molecule has 2 aromatic rings. The van der Waals surface area contributed by atoms with E-state index in [1.165, 1.54) is 18.4 Å². The fraction of sp³-hybridized carbons (Fsp3) is 0.538. The molecule has 1 fully saturated rings. The van der Waals surface area contributed by atoms with Crippen LogP contribution in [0.4, 0.5) is 0 Å². The van der Waals surface area contributed by atoms with Gasteiger partial charge in [0.25, 0.3) is 0 Å². The van der Waals surface area contributed by atoms with E-state index in [0.717, 1.165) is 25.7 Å². The summed E-state index contributed by atoms with van der Waals surface area (Å²) >= 11 is 9.06. The summed E-state index contributed by atoms with van der Waals surface area (Å²) in [7, 11) is 0. The number of pyridine rings is 1. The zero-order valence-electron chi connectivity index (χ0n) is 20.3. The van der Waals surface area contributed by atoms with Gasteiger partial charge in [0.15, 0.2) is 0 Å². The Hall–Kier alpha value is -1.91. The summed E-state index contributed by atoms with van der Waals surface area (Å²) in [6.07, 6.45) is 10.4. The number of hydrogen-bond acceptors (Lipinski definition) is 5. The zero-order valence-corrected chi connectivity index (χ0v) is 22.9. The van der Waals surface area contributed by atoms with Gasteiger partial charge in [0, 0.05) is 0 Å². The number of ether oxygens (including phenoxy) is 3. The Morgan fingerprint density at radius 3 is 2.24 bits per heavy atom. The van der Waals surface area contributed by atoms with Crippen LogP contribution in [0.5, 0.6) is 17.2 Å². The Labute approximate surface area is 216 Å². The molecule has 3 rings (SSSR count). The quantitative estimate of drug-likeness (QED) is 0.343. The number of aromatic nitrogens is 1. The van der Waals surface area contributed by atoms with Crippen molar-refractivity contribution in [3.8, 4) is 17.2 Å². The van der Waals surface area contributed by atoms with E-state index < -0.39 is 0 Å². The minimum atomic E-state index is -0.283. The van der Waals surface area contributed by atoms with E-state index >= 15 is 0 Å². The molecule has 184 valence electrons. The molecule has 1 aromatic carbocycles. The van der Waals surface area contributed by atoms with Gasteiger partial charge in [-0.15, -0.1) is 0 Å². The van der Waals surface area contributed by atoms with Gasteiger partial charge in [0.1, 0.15) is 0 Å². The summed E-state index contributed by atoms with van der Waals surface area (Å²) < 4.78 is 18.3. The first kappa shape index (κ1) is 26.7. The maximum atomic E-state index is 13.8. The average Bonchev–Trinajstić information content (AvgIpc) is 3.11. The number of nitrogens with zero attached hydrogens (tertiary/aromatic N) is 1. The van der Waals surface area contributed by atoms with Crippen molar-refractivity contribution in [2.24, 2.45) is 0 Å². The van der Waals surface area contributed by atoms with Gasteiger partial charge >= 0.3 is 217 Å². The molecule has 1 N–H and O–H groups in total. The number of hydrogen-bond donors (Lipinski definition) is 1. The van der Waals surface area contributed by atoms with Crippen LogP contribution >= 0.6 is 11.6 Å². The van der Waals surface area contributed by atoms with Crippen molar-refractivity contribution in [3.05, 3.63) is 40.7 Å². The second-order valence-corrected chi connectivity index (χ2v) is 9.76. The molecule has 1 aliphatic rings. The van der Waals surface area contributed by atoms with Crippen LogP contribution in [0.3, 0.4) is 0 Å². The van der Waals surface area contributed by atoms with Crippen LogP contribution < -0.4 is 23.9 Å². The summed E-state index contributed by atoms with van der Waals surface area (Å²) in [6, 6.07) is 4.09. The first-order chi connectivity index (χ1) is 16.5. The summed E-state index contributed by atoms with van der Waals surface area (Å²) in [6.45, 7) is 7.28. The molecule has 8 heteroatoms. The minimum absolute atomic E-state index is 0.161. The molecular weight excluding hydrogens is 515 g/mol. The predicted octanol–water partition coefficient (Wildman–Crippen LogP) is 4.75. The van der Waals surface area contributed by atoms with Crippen LogP contribution in [0.15, 0.2) is 24.5 Å². The van der Waals surface area contributed by atoms with Gasteiger partial charge in [-0.2, -0.15) is 0 Å². The van der Waals surface area contributed by atoms with Gasteiger partial charge in [-0.3, -0.25) is 0 Å². The molecule has 1 saturated carbocycles. The van der Waals surface area contributed by atoms with Crippen LogP contribution in [0.1, 0.15) is 75.2 Å². The van der Waals surface area contributed by atoms with Crippen molar-refractivity contribution in [2.75, 3.05) is 26.4 Å². The molecule has 0 atom stereocenters. The van der Waals surface area contributed by atoms with Crippen molar-refractivity contribution in [2.45, 2.75) is 64.7 Å². The van der Waals surface area contributed by atoms with E-state index in [9.17, 15) is 4.79 Å². The van der Waals surface area contributed by atoms with Crippen molar-refractivity contribution in [3.63, 3.8) is 0 Å². The van der Waals surface area contributed by atoms with Gasteiger partial charge < -0.3 is 0 Å². The molecule has 0 bridgehead atoms. The number of rotatable bonds is 10. The van der Waals surface area contributed by atoms with E-state index in [4.69, 9.17) is 25.8 Å². The standard InChI is InChI=1S/C26H34AsClN2O4/c1-4-32-22-19(23(33-5-2)24(34-6-3)20(27)21(22)28)25(31)30-17-26(13-9-7-8-10-14-26)18-12-11-15-29-16-18/h11-12,15-16H,4-10,13-14,17H2,1-3H3,(H,30,31). The number of halogens is 1. The van der Waals surface area contributed by atoms with E-state index in [0.29, 0.717) is 53.0 Å². The second-order valence-electron chi connectivity index (χ2n) is 8.44. The fourth-order valence-corrected chi connectivity index (χ4v) is 5.47. The third kappa shape index (κ3) is 5.83. The first-order valence-electron chi connectivity index (χ1n) is 12.1. The molecule has 1 amide bonds. The van der Waals surface area contributed by atoms with Crippen molar-refractivity contribution < 1.29 is 19.0 Å². The third-order valence-corrected chi connectivity index (χ3v) is 7.84. The number of carbonyl (C=O) groups is 1. The molecule has 34 heavy (non-hydrogen) atoms. The van der Waals surface area contributed by atoms with Crippen LogP contribution in [0, 0.1) is 0 Å².